The number of benzene rings is 1. The second kappa shape index (κ2) is 9.55. The van der Waals surface area contributed by atoms with E-state index in [1.165, 1.54) is 4.88 Å². The average molecular weight is 473 g/mol. The number of carbonyl (C=O) groups excluding carboxylic acids is 1. The molecule has 0 atom stereocenters. The lowest BCUT2D eigenvalue weighted by Crippen LogP contribution is -2.06. The van der Waals surface area contributed by atoms with Crippen LogP contribution < -0.4 is 4.74 Å². The Bertz CT molecular complexity index is 1050. The van der Waals surface area contributed by atoms with Crippen molar-refractivity contribution in [2.45, 2.75) is 40.2 Å². The molecule has 0 aliphatic heterocycles. The van der Waals surface area contributed by atoms with Crippen molar-refractivity contribution < 1.29 is 9.53 Å². The van der Waals surface area contributed by atoms with Gasteiger partial charge < -0.3 is 4.74 Å². The van der Waals surface area contributed by atoms with Crippen LogP contribution in [0, 0.1) is 13.8 Å². The second-order valence-electron chi connectivity index (χ2n) is 6.93. The van der Waals surface area contributed by atoms with Gasteiger partial charge in [-0.25, -0.2) is 0 Å². The van der Waals surface area contributed by atoms with Gasteiger partial charge in [0.25, 0.3) is 0 Å². The molecular weight excluding hydrogens is 448 g/mol. The number of methoxy groups -OCH3 is 1. The van der Waals surface area contributed by atoms with E-state index in [2.05, 4.69) is 28.0 Å². The third kappa shape index (κ3) is 5.06. The highest BCUT2D eigenvalue weighted by atomic mass is 79.9. The van der Waals surface area contributed by atoms with Crippen molar-refractivity contribution in [1.82, 2.24) is 9.78 Å². The maximum absolute atomic E-state index is 12.5. The van der Waals surface area contributed by atoms with Gasteiger partial charge in [-0.3, -0.25) is 9.48 Å². The lowest BCUT2D eigenvalue weighted by molar-refractivity contribution is 0.105. The zero-order chi connectivity index (χ0) is 21.0. The SMILES string of the molecule is CCCc1ccc(C(=O)/C=C/c2ccc(OC)c(Cn3nc(C)c(Br)c3C)c2)s1. The van der Waals surface area contributed by atoms with Crippen LogP contribution >= 0.6 is 27.3 Å². The van der Waals surface area contributed by atoms with E-state index in [4.69, 9.17) is 4.74 Å². The summed E-state index contributed by atoms with van der Waals surface area (Å²) in [7, 11) is 1.67. The topological polar surface area (TPSA) is 44.1 Å². The molecule has 0 fully saturated rings. The van der Waals surface area contributed by atoms with Gasteiger partial charge in [-0.2, -0.15) is 5.10 Å². The molecule has 0 amide bonds. The van der Waals surface area contributed by atoms with Gasteiger partial charge in [0.15, 0.2) is 5.78 Å². The van der Waals surface area contributed by atoms with Gasteiger partial charge in [0.05, 0.1) is 34.4 Å². The highest BCUT2D eigenvalue weighted by molar-refractivity contribution is 9.10. The Morgan fingerprint density at radius 3 is 2.72 bits per heavy atom. The number of thiophene rings is 1. The van der Waals surface area contributed by atoms with E-state index in [9.17, 15) is 4.79 Å². The highest BCUT2D eigenvalue weighted by Crippen LogP contribution is 2.26. The molecule has 0 saturated heterocycles. The number of nitrogens with zero attached hydrogens (tertiary/aromatic N) is 2. The van der Waals surface area contributed by atoms with Crippen LogP contribution in [0.5, 0.6) is 5.75 Å². The van der Waals surface area contributed by atoms with Crippen LogP contribution in [-0.2, 0) is 13.0 Å². The minimum absolute atomic E-state index is 0.0391. The Balaban J connectivity index is 1.81. The van der Waals surface area contributed by atoms with Crippen molar-refractivity contribution >= 4 is 39.1 Å². The molecule has 0 unspecified atom stereocenters. The van der Waals surface area contributed by atoms with Gasteiger partial charge in [-0.05, 0) is 72.1 Å². The summed E-state index contributed by atoms with van der Waals surface area (Å²) in [5, 5.41) is 4.58. The van der Waals surface area contributed by atoms with Crippen LogP contribution in [0.1, 0.15) is 50.4 Å². The molecule has 0 aliphatic carbocycles. The molecule has 0 saturated carbocycles. The Morgan fingerprint density at radius 2 is 2.07 bits per heavy atom. The molecule has 2 aromatic heterocycles. The van der Waals surface area contributed by atoms with Gasteiger partial charge in [0.2, 0.25) is 0 Å². The molecule has 0 spiro atoms. The molecule has 0 radical (unpaired) electrons. The number of hydrogen-bond acceptors (Lipinski definition) is 4. The number of hydrogen-bond donors (Lipinski definition) is 0. The third-order valence-electron chi connectivity index (χ3n) is 4.75. The number of halogens is 1. The van der Waals surface area contributed by atoms with Crippen LogP contribution in [0.2, 0.25) is 0 Å². The van der Waals surface area contributed by atoms with Gasteiger partial charge in [0.1, 0.15) is 5.75 Å². The van der Waals surface area contributed by atoms with Crippen LogP contribution in [0.4, 0.5) is 0 Å². The number of allylic oxidation sites excluding steroid dienone is 1. The van der Waals surface area contributed by atoms with E-state index in [0.717, 1.165) is 50.5 Å². The summed E-state index contributed by atoms with van der Waals surface area (Å²) in [5.41, 5.74) is 4.00. The van der Waals surface area contributed by atoms with Gasteiger partial charge in [0, 0.05) is 10.4 Å². The molecule has 1 aromatic carbocycles. The molecule has 29 heavy (non-hydrogen) atoms. The Kier molecular flexibility index (Phi) is 7.09. The Hall–Kier alpha value is -2.18. The molecule has 2 heterocycles. The smallest absolute Gasteiger partial charge is 0.195 e. The standard InChI is InChI=1S/C23H25BrN2O2S/c1-5-6-19-9-12-22(29-19)20(27)10-7-17-8-11-21(28-4)18(13-17)14-26-16(3)23(24)15(2)25-26/h7-13H,5-6,14H2,1-4H3/b10-7+. The van der Waals surface area contributed by atoms with E-state index in [-0.39, 0.29) is 5.78 Å². The third-order valence-corrected chi connectivity index (χ3v) is 7.05. The van der Waals surface area contributed by atoms with Crippen molar-refractivity contribution in [2.24, 2.45) is 0 Å². The van der Waals surface area contributed by atoms with Crippen LogP contribution in [0.25, 0.3) is 6.08 Å². The normalized spacial score (nSPS) is 11.3. The minimum atomic E-state index is 0.0391. The molecule has 4 nitrogen and oxygen atoms in total. The number of aromatic nitrogens is 2. The maximum atomic E-state index is 12.5. The summed E-state index contributed by atoms with van der Waals surface area (Å²) in [5.74, 6) is 0.844. The van der Waals surface area contributed by atoms with Crippen molar-refractivity contribution in [2.75, 3.05) is 7.11 Å². The van der Waals surface area contributed by atoms with E-state index in [0.29, 0.717) is 6.54 Å². The van der Waals surface area contributed by atoms with Crippen LogP contribution in [-0.4, -0.2) is 22.7 Å². The molecule has 0 bridgehead atoms. The van der Waals surface area contributed by atoms with Crippen molar-refractivity contribution in [3.8, 4) is 5.75 Å². The van der Waals surface area contributed by atoms with Crippen LogP contribution in [0.15, 0.2) is 40.9 Å². The summed E-state index contributed by atoms with van der Waals surface area (Å²) in [6, 6.07) is 9.91. The first kappa shape index (κ1) is 21.5. The first-order chi connectivity index (χ1) is 13.9. The lowest BCUT2D eigenvalue weighted by Gasteiger charge is -2.11. The first-order valence-corrected chi connectivity index (χ1v) is 11.2. The first-order valence-electron chi connectivity index (χ1n) is 9.60. The fraction of sp³-hybridized carbons (Fsp3) is 0.304. The summed E-state index contributed by atoms with van der Waals surface area (Å²) in [4.78, 5) is 14.5. The number of rotatable bonds is 8. The minimum Gasteiger partial charge on any atom is -0.496 e. The maximum Gasteiger partial charge on any atom is 0.195 e. The Labute approximate surface area is 184 Å². The van der Waals surface area contributed by atoms with E-state index < -0.39 is 0 Å². The molecule has 3 aromatic rings. The van der Waals surface area contributed by atoms with Gasteiger partial charge in [-0.1, -0.05) is 25.5 Å². The van der Waals surface area contributed by atoms with Gasteiger partial charge in [-0.15, -0.1) is 11.3 Å². The summed E-state index contributed by atoms with van der Waals surface area (Å²) in [6.45, 7) is 6.76. The van der Waals surface area contributed by atoms with Gasteiger partial charge >= 0.3 is 0 Å². The van der Waals surface area contributed by atoms with E-state index in [1.807, 2.05) is 54.9 Å². The quantitative estimate of drug-likeness (QED) is 0.288. The zero-order valence-electron chi connectivity index (χ0n) is 17.2. The fourth-order valence-corrected chi connectivity index (χ4v) is 4.47. The Morgan fingerprint density at radius 1 is 1.28 bits per heavy atom. The zero-order valence-corrected chi connectivity index (χ0v) is 19.6. The fourth-order valence-electron chi connectivity index (χ4n) is 3.16. The number of ketones is 1. The van der Waals surface area contributed by atoms with E-state index in [1.54, 1.807) is 24.5 Å². The largest absolute Gasteiger partial charge is 0.496 e. The molecule has 6 heteroatoms. The summed E-state index contributed by atoms with van der Waals surface area (Å²) < 4.78 is 8.51. The molecular formula is C23H25BrN2O2S. The predicted molar refractivity (Wildman–Crippen MR) is 123 cm³/mol. The second-order valence-corrected chi connectivity index (χ2v) is 8.89. The molecule has 0 aliphatic rings. The molecule has 0 N–H and O–H groups in total. The molecule has 3 rings (SSSR count). The van der Waals surface area contributed by atoms with Crippen LogP contribution in [0.3, 0.4) is 0 Å². The number of ether oxygens (including phenoxy) is 1. The average Bonchev–Trinajstić information content (AvgIpc) is 3.27. The summed E-state index contributed by atoms with van der Waals surface area (Å²) in [6.07, 6.45) is 5.62. The number of aryl methyl sites for hydroxylation is 2. The molecule has 152 valence electrons. The highest BCUT2D eigenvalue weighted by Gasteiger charge is 2.12. The van der Waals surface area contributed by atoms with Crippen molar-refractivity contribution in [3.63, 3.8) is 0 Å². The van der Waals surface area contributed by atoms with E-state index >= 15 is 0 Å². The monoisotopic (exact) mass is 472 g/mol. The van der Waals surface area contributed by atoms with Crippen molar-refractivity contribution in [1.29, 1.82) is 0 Å². The number of carbonyl (C=O) groups is 1. The predicted octanol–water partition coefficient (Wildman–Crippen LogP) is 6.23. The lowest BCUT2D eigenvalue weighted by atomic mass is 10.1. The van der Waals surface area contributed by atoms with Crippen molar-refractivity contribution in [3.05, 3.63) is 73.1 Å². The summed E-state index contributed by atoms with van der Waals surface area (Å²) >= 11 is 5.16.